The Morgan fingerprint density at radius 3 is 1.93 bits per heavy atom. The number of anilines is 1. The van der Waals surface area contributed by atoms with E-state index in [2.05, 4.69) is 52.9 Å². The molecule has 0 aliphatic rings. The lowest BCUT2D eigenvalue weighted by Gasteiger charge is -2.26. The predicted molar refractivity (Wildman–Crippen MR) is 111 cm³/mol. The molecule has 0 atom stereocenters. The number of carbonyl (C=O) groups is 1. The van der Waals surface area contributed by atoms with Crippen molar-refractivity contribution in [2.45, 2.75) is 52.4 Å². The van der Waals surface area contributed by atoms with Gasteiger partial charge in [0, 0.05) is 17.7 Å². The van der Waals surface area contributed by atoms with Gasteiger partial charge in [0.25, 0.3) is 11.6 Å². The largest absolute Gasteiger partial charge is 0.495 e. The van der Waals surface area contributed by atoms with Crippen LogP contribution in [-0.2, 0) is 10.8 Å². The van der Waals surface area contributed by atoms with Gasteiger partial charge in [-0.2, -0.15) is 0 Å². The smallest absolute Gasteiger partial charge is 0.271 e. The van der Waals surface area contributed by atoms with Crippen LogP contribution >= 0.6 is 0 Å². The maximum atomic E-state index is 13.0. The molecular formula is C22H28N2O4. The fourth-order valence-corrected chi connectivity index (χ4v) is 2.73. The maximum absolute atomic E-state index is 13.0. The third kappa shape index (κ3) is 4.88. The monoisotopic (exact) mass is 384 g/mol. The Morgan fingerprint density at radius 1 is 0.964 bits per heavy atom. The number of hydrogen-bond acceptors (Lipinski definition) is 4. The Labute approximate surface area is 166 Å². The van der Waals surface area contributed by atoms with Crippen molar-refractivity contribution in [2.24, 2.45) is 0 Å². The zero-order valence-corrected chi connectivity index (χ0v) is 17.5. The van der Waals surface area contributed by atoms with E-state index in [0.29, 0.717) is 11.3 Å². The molecule has 0 heterocycles. The highest BCUT2D eigenvalue weighted by atomic mass is 16.6. The molecule has 2 rings (SSSR count). The summed E-state index contributed by atoms with van der Waals surface area (Å²) in [4.78, 5) is 23.5. The number of nitrogens with one attached hydrogen (secondary N) is 1. The lowest BCUT2D eigenvalue weighted by Crippen LogP contribution is -2.20. The standard InChI is InChI=1S/C22H28N2O4/c1-21(2,3)15-10-14(11-16(12-15)22(4,5)6)20(25)23-18-13-17(24(26)27)8-9-19(18)28-7/h8-13H,1-7H3,(H,23,25). The molecule has 150 valence electrons. The van der Waals surface area contributed by atoms with Gasteiger partial charge in [0.2, 0.25) is 0 Å². The molecule has 0 fully saturated rings. The second kappa shape index (κ2) is 7.62. The third-order valence-corrected chi connectivity index (χ3v) is 4.57. The van der Waals surface area contributed by atoms with E-state index in [-0.39, 0.29) is 28.1 Å². The van der Waals surface area contributed by atoms with Crippen LogP contribution in [0.15, 0.2) is 36.4 Å². The Balaban J connectivity index is 2.50. The minimum Gasteiger partial charge on any atom is -0.495 e. The third-order valence-electron chi connectivity index (χ3n) is 4.57. The van der Waals surface area contributed by atoms with E-state index in [0.717, 1.165) is 11.1 Å². The predicted octanol–water partition coefficient (Wildman–Crippen LogP) is 5.45. The van der Waals surface area contributed by atoms with Gasteiger partial charge in [0.15, 0.2) is 0 Å². The topological polar surface area (TPSA) is 81.5 Å². The van der Waals surface area contributed by atoms with Gasteiger partial charge in [0.05, 0.1) is 17.7 Å². The van der Waals surface area contributed by atoms with Crippen LogP contribution in [0.3, 0.4) is 0 Å². The van der Waals surface area contributed by atoms with Gasteiger partial charge >= 0.3 is 0 Å². The molecule has 0 radical (unpaired) electrons. The number of non-ortho nitro benzene ring substituents is 1. The molecule has 0 saturated carbocycles. The van der Waals surface area contributed by atoms with Crippen molar-refractivity contribution in [3.8, 4) is 5.75 Å². The zero-order valence-electron chi connectivity index (χ0n) is 17.5. The van der Waals surface area contributed by atoms with Gasteiger partial charge in [-0.25, -0.2) is 0 Å². The Hall–Kier alpha value is -2.89. The molecule has 2 aromatic carbocycles. The summed E-state index contributed by atoms with van der Waals surface area (Å²) in [5.41, 5.74) is 2.51. The van der Waals surface area contributed by atoms with Gasteiger partial charge in [0.1, 0.15) is 5.75 Å². The van der Waals surface area contributed by atoms with Crippen LogP contribution in [-0.4, -0.2) is 17.9 Å². The summed E-state index contributed by atoms with van der Waals surface area (Å²) in [7, 11) is 1.45. The van der Waals surface area contributed by atoms with Crippen LogP contribution < -0.4 is 10.1 Å². The number of carbonyl (C=O) groups excluding carboxylic acids is 1. The van der Waals surface area contributed by atoms with Gasteiger partial charge < -0.3 is 10.1 Å². The number of rotatable bonds is 4. The van der Waals surface area contributed by atoms with Crippen molar-refractivity contribution in [3.05, 3.63) is 63.2 Å². The fourth-order valence-electron chi connectivity index (χ4n) is 2.73. The number of methoxy groups -OCH3 is 1. The van der Waals surface area contributed by atoms with Crippen LogP contribution in [0.2, 0.25) is 0 Å². The molecule has 0 spiro atoms. The first kappa shape index (κ1) is 21.4. The summed E-state index contributed by atoms with van der Waals surface area (Å²) >= 11 is 0. The molecule has 28 heavy (non-hydrogen) atoms. The number of ether oxygens (including phenoxy) is 1. The quantitative estimate of drug-likeness (QED) is 0.561. The van der Waals surface area contributed by atoms with E-state index in [1.165, 1.54) is 25.3 Å². The summed E-state index contributed by atoms with van der Waals surface area (Å²) in [5, 5.41) is 13.8. The number of nitrogens with zero attached hydrogens (tertiary/aromatic N) is 1. The lowest BCUT2D eigenvalue weighted by atomic mass is 9.79. The SMILES string of the molecule is COc1ccc([N+](=O)[O-])cc1NC(=O)c1cc(C(C)(C)C)cc(C(C)(C)C)c1. The molecule has 0 saturated heterocycles. The van der Waals surface area contributed by atoms with Crippen LogP contribution in [0, 0.1) is 10.1 Å². The molecular weight excluding hydrogens is 356 g/mol. The normalized spacial score (nSPS) is 11.8. The summed E-state index contributed by atoms with van der Waals surface area (Å²) in [5.74, 6) is 0.0253. The maximum Gasteiger partial charge on any atom is 0.271 e. The number of hydrogen-bond donors (Lipinski definition) is 1. The number of nitro groups is 1. The highest BCUT2D eigenvalue weighted by molar-refractivity contribution is 6.05. The van der Waals surface area contributed by atoms with Crippen molar-refractivity contribution in [3.63, 3.8) is 0 Å². The Kier molecular flexibility index (Phi) is 5.83. The van der Waals surface area contributed by atoms with Crippen LogP contribution in [0.5, 0.6) is 5.75 Å². The minimum absolute atomic E-state index is 0.116. The van der Waals surface area contributed by atoms with Crippen LogP contribution in [0.4, 0.5) is 11.4 Å². The summed E-state index contributed by atoms with van der Waals surface area (Å²) in [6, 6.07) is 9.98. The highest BCUT2D eigenvalue weighted by Gasteiger charge is 2.23. The van der Waals surface area contributed by atoms with Crippen molar-refractivity contribution < 1.29 is 14.5 Å². The fraction of sp³-hybridized carbons (Fsp3) is 0.409. The second-order valence-electron chi connectivity index (χ2n) is 8.89. The molecule has 0 aromatic heterocycles. The molecule has 1 N–H and O–H groups in total. The van der Waals surface area contributed by atoms with E-state index in [1.54, 1.807) is 0 Å². The number of benzene rings is 2. The summed E-state index contributed by atoms with van der Waals surface area (Å²) in [6.07, 6.45) is 0. The van der Waals surface area contributed by atoms with E-state index >= 15 is 0 Å². The van der Waals surface area contributed by atoms with E-state index < -0.39 is 4.92 Å². The molecule has 0 bridgehead atoms. The second-order valence-corrected chi connectivity index (χ2v) is 8.89. The van der Waals surface area contributed by atoms with Gasteiger partial charge in [-0.1, -0.05) is 47.6 Å². The van der Waals surface area contributed by atoms with Gasteiger partial charge in [-0.3, -0.25) is 14.9 Å². The highest BCUT2D eigenvalue weighted by Crippen LogP contribution is 2.32. The van der Waals surface area contributed by atoms with Crippen LogP contribution in [0.1, 0.15) is 63.0 Å². The van der Waals surface area contributed by atoms with E-state index in [9.17, 15) is 14.9 Å². The van der Waals surface area contributed by atoms with Gasteiger partial charge in [-0.05, 0) is 40.2 Å². The average molecular weight is 384 g/mol. The van der Waals surface area contributed by atoms with Crippen molar-refractivity contribution in [2.75, 3.05) is 12.4 Å². The van der Waals surface area contributed by atoms with Crippen molar-refractivity contribution in [1.82, 2.24) is 0 Å². The molecule has 2 aromatic rings. The molecule has 6 heteroatoms. The first-order valence-corrected chi connectivity index (χ1v) is 9.13. The molecule has 1 amide bonds. The molecule has 0 aliphatic heterocycles. The zero-order chi connectivity index (χ0) is 21.3. The Bertz CT molecular complexity index is 873. The van der Waals surface area contributed by atoms with Crippen molar-refractivity contribution in [1.29, 1.82) is 0 Å². The molecule has 0 unspecified atom stereocenters. The molecule has 0 aliphatic carbocycles. The van der Waals surface area contributed by atoms with Crippen LogP contribution in [0.25, 0.3) is 0 Å². The molecule has 6 nitrogen and oxygen atoms in total. The summed E-state index contributed by atoms with van der Waals surface area (Å²) in [6.45, 7) is 12.6. The van der Waals surface area contributed by atoms with E-state index in [4.69, 9.17) is 4.74 Å². The van der Waals surface area contributed by atoms with Crippen molar-refractivity contribution >= 4 is 17.3 Å². The minimum atomic E-state index is -0.507. The first-order valence-electron chi connectivity index (χ1n) is 9.13. The van der Waals surface area contributed by atoms with E-state index in [1.807, 2.05) is 12.1 Å². The lowest BCUT2D eigenvalue weighted by molar-refractivity contribution is -0.384. The first-order chi connectivity index (χ1) is 12.8. The number of nitro benzene ring substituents is 1. The average Bonchev–Trinajstić information content (AvgIpc) is 2.59. The number of amides is 1. The van der Waals surface area contributed by atoms with Gasteiger partial charge in [-0.15, -0.1) is 0 Å². The summed E-state index contributed by atoms with van der Waals surface area (Å²) < 4.78 is 5.24. The Morgan fingerprint density at radius 2 is 1.50 bits per heavy atom.